The van der Waals surface area contributed by atoms with E-state index >= 15 is 0 Å². The molecule has 0 radical (unpaired) electrons. The predicted molar refractivity (Wildman–Crippen MR) is 87.1 cm³/mol. The summed E-state index contributed by atoms with van der Waals surface area (Å²) in [6.07, 6.45) is 2.18. The molecule has 0 aromatic carbocycles. The highest BCUT2D eigenvalue weighted by Gasteiger charge is 2.26. The van der Waals surface area contributed by atoms with Gasteiger partial charge in [0.15, 0.2) is 11.5 Å². The van der Waals surface area contributed by atoms with E-state index < -0.39 is 0 Å². The number of β-amino-alcohol motifs (C(OH)–C–C–N with tert-alkyl or cyclic N) is 1. The molecule has 4 rings (SSSR count). The van der Waals surface area contributed by atoms with Crippen LogP contribution >= 0.6 is 0 Å². The Balaban J connectivity index is 1.95. The van der Waals surface area contributed by atoms with Gasteiger partial charge in [-0.3, -0.25) is 9.67 Å². The first kappa shape index (κ1) is 14.1. The topological polar surface area (TPSA) is 80.0 Å². The van der Waals surface area contributed by atoms with Crippen molar-refractivity contribution in [2.45, 2.75) is 19.4 Å². The third kappa shape index (κ3) is 2.33. The van der Waals surface area contributed by atoms with E-state index in [0.717, 1.165) is 41.2 Å². The van der Waals surface area contributed by atoms with Crippen molar-refractivity contribution in [1.29, 1.82) is 0 Å². The zero-order chi connectivity index (χ0) is 16.0. The third-order valence-electron chi connectivity index (χ3n) is 4.20. The van der Waals surface area contributed by atoms with Gasteiger partial charge in [0.1, 0.15) is 11.5 Å². The SMILES string of the molecule is Cc1nn(C)c2nc(-c3ccccn3)nc(N3CC[C@@H](O)C3)c12. The summed E-state index contributed by atoms with van der Waals surface area (Å²) < 4.78 is 1.77. The van der Waals surface area contributed by atoms with Gasteiger partial charge >= 0.3 is 0 Å². The van der Waals surface area contributed by atoms with E-state index in [4.69, 9.17) is 4.98 Å². The zero-order valence-electron chi connectivity index (χ0n) is 13.1. The molecule has 0 unspecified atom stereocenters. The lowest BCUT2D eigenvalue weighted by Gasteiger charge is -2.18. The number of fused-ring (bicyclic) bond motifs is 1. The Bertz CT molecular complexity index is 860. The fourth-order valence-corrected chi connectivity index (χ4v) is 3.09. The predicted octanol–water partition coefficient (Wildman–Crippen LogP) is 1.30. The van der Waals surface area contributed by atoms with Gasteiger partial charge in [-0.15, -0.1) is 0 Å². The van der Waals surface area contributed by atoms with Crippen LogP contribution in [0.4, 0.5) is 5.82 Å². The van der Waals surface area contributed by atoms with Gasteiger partial charge in [-0.1, -0.05) is 6.07 Å². The molecular formula is C16H18N6O. The number of hydrogen-bond donors (Lipinski definition) is 1. The van der Waals surface area contributed by atoms with Crippen LogP contribution in [0.1, 0.15) is 12.1 Å². The summed E-state index contributed by atoms with van der Waals surface area (Å²) in [5.74, 6) is 1.41. The van der Waals surface area contributed by atoms with Crippen molar-refractivity contribution in [3.8, 4) is 11.5 Å². The number of hydrogen-bond acceptors (Lipinski definition) is 6. The van der Waals surface area contributed by atoms with Crippen LogP contribution in [-0.2, 0) is 7.05 Å². The van der Waals surface area contributed by atoms with Crippen molar-refractivity contribution >= 4 is 16.9 Å². The fourth-order valence-electron chi connectivity index (χ4n) is 3.09. The van der Waals surface area contributed by atoms with E-state index in [0.29, 0.717) is 12.4 Å². The summed E-state index contributed by atoms with van der Waals surface area (Å²) in [7, 11) is 1.88. The van der Waals surface area contributed by atoms with Gasteiger partial charge in [0.05, 0.1) is 17.2 Å². The third-order valence-corrected chi connectivity index (χ3v) is 4.20. The van der Waals surface area contributed by atoms with E-state index in [9.17, 15) is 5.11 Å². The van der Waals surface area contributed by atoms with Crippen molar-refractivity contribution in [3.05, 3.63) is 30.1 Å². The normalized spacial score (nSPS) is 18.0. The quantitative estimate of drug-likeness (QED) is 0.768. The van der Waals surface area contributed by atoms with E-state index in [-0.39, 0.29) is 6.10 Å². The lowest BCUT2D eigenvalue weighted by atomic mass is 10.2. The van der Waals surface area contributed by atoms with Crippen molar-refractivity contribution in [2.24, 2.45) is 7.05 Å². The molecule has 0 aliphatic carbocycles. The van der Waals surface area contributed by atoms with E-state index in [2.05, 4.69) is 20.0 Å². The number of anilines is 1. The maximum atomic E-state index is 9.88. The van der Waals surface area contributed by atoms with Crippen LogP contribution in [0, 0.1) is 6.92 Å². The van der Waals surface area contributed by atoms with Crippen LogP contribution in [0.5, 0.6) is 0 Å². The molecule has 0 spiro atoms. The summed E-state index contributed by atoms with van der Waals surface area (Å²) in [6, 6.07) is 5.69. The van der Waals surface area contributed by atoms with Crippen molar-refractivity contribution in [1.82, 2.24) is 24.7 Å². The smallest absolute Gasteiger partial charge is 0.182 e. The minimum atomic E-state index is -0.310. The molecule has 3 aromatic rings. The number of aromatic nitrogens is 5. The molecule has 7 nitrogen and oxygen atoms in total. The maximum Gasteiger partial charge on any atom is 0.182 e. The summed E-state index contributed by atoms with van der Waals surface area (Å²) >= 11 is 0. The van der Waals surface area contributed by atoms with Gasteiger partial charge in [0.25, 0.3) is 0 Å². The van der Waals surface area contributed by atoms with Gasteiger partial charge in [-0.05, 0) is 25.5 Å². The van der Waals surface area contributed by atoms with Crippen molar-refractivity contribution in [2.75, 3.05) is 18.0 Å². The second-order valence-corrected chi connectivity index (χ2v) is 5.88. The molecule has 1 saturated heterocycles. The second-order valence-electron chi connectivity index (χ2n) is 5.88. The number of pyridine rings is 1. The van der Waals surface area contributed by atoms with Crippen LogP contribution in [0.15, 0.2) is 24.4 Å². The first-order valence-corrected chi connectivity index (χ1v) is 7.69. The molecule has 1 N–H and O–H groups in total. The molecule has 7 heteroatoms. The van der Waals surface area contributed by atoms with Crippen LogP contribution in [0.3, 0.4) is 0 Å². The van der Waals surface area contributed by atoms with Crippen LogP contribution < -0.4 is 4.90 Å². The molecule has 1 aliphatic rings. The highest BCUT2D eigenvalue weighted by Crippen LogP contribution is 2.31. The molecular weight excluding hydrogens is 292 g/mol. The van der Waals surface area contributed by atoms with Crippen LogP contribution in [-0.4, -0.2) is 49.0 Å². The average Bonchev–Trinajstić information content (AvgIpc) is 3.12. The molecule has 4 heterocycles. The van der Waals surface area contributed by atoms with E-state index in [1.165, 1.54) is 0 Å². The lowest BCUT2D eigenvalue weighted by Crippen LogP contribution is -2.23. The van der Waals surface area contributed by atoms with Crippen molar-refractivity contribution in [3.63, 3.8) is 0 Å². The Kier molecular flexibility index (Phi) is 3.23. The zero-order valence-corrected chi connectivity index (χ0v) is 13.1. The summed E-state index contributed by atoms with van der Waals surface area (Å²) in [5, 5.41) is 15.3. The summed E-state index contributed by atoms with van der Waals surface area (Å²) in [4.78, 5) is 15.9. The van der Waals surface area contributed by atoms with Gasteiger partial charge in [0, 0.05) is 26.3 Å². The molecule has 0 amide bonds. The molecule has 1 aliphatic heterocycles. The van der Waals surface area contributed by atoms with Crippen molar-refractivity contribution < 1.29 is 5.11 Å². The molecule has 0 bridgehead atoms. The molecule has 0 saturated carbocycles. The molecule has 1 fully saturated rings. The Morgan fingerprint density at radius 3 is 2.83 bits per heavy atom. The number of nitrogens with zero attached hydrogens (tertiary/aromatic N) is 6. The van der Waals surface area contributed by atoms with E-state index in [1.54, 1.807) is 10.9 Å². The van der Waals surface area contributed by atoms with Crippen LogP contribution in [0.25, 0.3) is 22.6 Å². The Labute approximate surface area is 133 Å². The first-order chi connectivity index (χ1) is 11.1. The molecule has 23 heavy (non-hydrogen) atoms. The number of aliphatic hydroxyl groups is 1. The number of rotatable bonds is 2. The molecule has 118 valence electrons. The van der Waals surface area contributed by atoms with Gasteiger partial charge in [0.2, 0.25) is 0 Å². The fraction of sp³-hybridized carbons (Fsp3) is 0.375. The maximum absolute atomic E-state index is 9.88. The summed E-state index contributed by atoms with van der Waals surface area (Å²) in [5.41, 5.74) is 2.41. The highest BCUT2D eigenvalue weighted by molar-refractivity contribution is 5.91. The largest absolute Gasteiger partial charge is 0.391 e. The average molecular weight is 310 g/mol. The number of aliphatic hydroxyl groups excluding tert-OH is 1. The van der Waals surface area contributed by atoms with Gasteiger partial charge < -0.3 is 10.0 Å². The minimum Gasteiger partial charge on any atom is -0.391 e. The van der Waals surface area contributed by atoms with Crippen LogP contribution in [0.2, 0.25) is 0 Å². The highest BCUT2D eigenvalue weighted by atomic mass is 16.3. The minimum absolute atomic E-state index is 0.310. The Hall–Kier alpha value is -2.54. The monoisotopic (exact) mass is 310 g/mol. The van der Waals surface area contributed by atoms with Gasteiger partial charge in [-0.25, -0.2) is 9.97 Å². The van der Waals surface area contributed by atoms with E-state index in [1.807, 2.05) is 32.2 Å². The van der Waals surface area contributed by atoms with Gasteiger partial charge in [-0.2, -0.15) is 5.10 Å². The second kappa shape index (κ2) is 5.27. The first-order valence-electron chi connectivity index (χ1n) is 7.69. The standard InChI is InChI=1S/C16H18N6O/c1-10-13-15(21(2)20-10)18-14(12-5-3-4-7-17-12)19-16(13)22-8-6-11(23)9-22/h3-5,7,11,23H,6,8-9H2,1-2H3/t11-/m1/s1. The summed E-state index contributed by atoms with van der Waals surface area (Å²) in [6.45, 7) is 3.33. The Morgan fingerprint density at radius 2 is 2.13 bits per heavy atom. The molecule has 1 atom stereocenters. The number of aryl methyl sites for hydroxylation is 2. The Morgan fingerprint density at radius 1 is 1.26 bits per heavy atom. The molecule has 3 aromatic heterocycles. The lowest BCUT2D eigenvalue weighted by molar-refractivity contribution is 0.198.